The van der Waals surface area contributed by atoms with Crippen LogP contribution >= 0.6 is 0 Å². The Morgan fingerprint density at radius 2 is 1.90 bits per heavy atom. The van der Waals surface area contributed by atoms with Crippen molar-refractivity contribution in [1.29, 1.82) is 0 Å². The molecule has 1 fully saturated rings. The molecule has 7 nitrogen and oxygen atoms in total. The van der Waals surface area contributed by atoms with E-state index in [0.717, 1.165) is 51.6 Å². The van der Waals surface area contributed by atoms with Gasteiger partial charge in [-0.15, -0.1) is 0 Å². The van der Waals surface area contributed by atoms with Crippen LogP contribution in [0.5, 0.6) is 0 Å². The minimum atomic E-state index is -0.251. The van der Waals surface area contributed by atoms with Crippen molar-refractivity contribution < 1.29 is 4.79 Å². The van der Waals surface area contributed by atoms with Crippen molar-refractivity contribution in [3.8, 4) is 11.1 Å². The van der Waals surface area contributed by atoms with Crippen molar-refractivity contribution in [2.45, 2.75) is 18.9 Å². The predicted molar refractivity (Wildman–Crippen MR) is 122 cm³/mol. The van der Waals surface area contributed by atoms with Gasteiger partial charge in [0.05, 0.1) is 17.4 Å². The lowest BCUT2D eigenvalue weighted by molar-refractivity contribution is 0.102. The zero-order valence-electron chi connectivity index (χ0n) is 16.6. The van der Waals surface area contributed by atoms with E-state index >= 15 is 0 Å². The van der Waals surface area contributed by atoms with Gasteiger partial charge in [0.25, 0.3) is 5.91 Å². The van der Waals surface area contributed by atoms with Gasteiger partial charge in [0.2, 0.25) is 0 Å². The Morgan fingerprint density at radius 1 is 1.00 bits per heavy atom. The predicted octanol–water partition coefficient (Wildman–Crippen LogP) is 4.93. The van der Waals surface area contributed by atoms with Crippen molar-refractivity contribution in [3.05, 3.63) is 72.7 Å². The molecule has 0 atom stereocenters. The normalized spacial score (nSPS) is 13.5. The molecule has 0 radical (unpaired) electrons. The van der Waals surface area contributed by atoms with Gasteiger partial charge in [-0.3, -0.25) is 9.89 Å². The number of hydrogen-bond acceptors (Lipinski definition) is 4. The number of fused-ring (bicyclic) bond motifs is 2. The van der Waals surface area contributed by atoms with Crippen LogP contribution in [0.3, 0.4) is 0 Å². The summed E-state index contributed by atoms with van der Waals surface area (Å²) in [4.78, 5) is 20.7. The van der Waals surface area contributed by atoms with Crippen LogP contribution in [0.25, 0.3) is 32.9 Å². The fourth-order valence-electron chi connectivity index (χ4n) is 3.91. The molecule has 3 heterocycles. The van der Waals surface area contributed by atoms with E-state index in [0.29, 0.717) is 17.4 Å². The zero-order chi connectivity index (χ0) is 20.8. The molecule has 1 aliphatic carbocycles. The number of nitrogens with one attached hydrogen (secondary N) is 4. The quantitative estimate of drug-likeness (QED) is 0.331. The molecule has 152 valence electrons. The number of benzene rings is 2. The Bertz CT molecular complexity index is 1430. The molecule has 0 unspecified atom stereocenters. The Labute approximate surface area is 177 Å². The minimum absolute atomic E-state index is 0.251. The highest BCUT2D eigenvalue weighted by atomic mass is 16.1. The van der Waals surface area contributed by atoms with Gasteiger partial charge in [-0.05, 0) is 60.4 Å². The molecule has 0 bridgehead atoms. The molecule has 5 aromatic rings. The van der Waals surface area contributed by atoms with Gasteiger partial charge >= 0.3 is 0 Å². The summed E-state index contributed by atoms with van der Waals surface area (Å²) < 4.78 is 0. The second kappa shape index (κ2) is 6.98. The molecule has 4 N–H and O–H groups in total. The number of nitrogens with zero attached hydrogens (tertiary/aromatic N) is 2. The molecule has 0 spiro atoms. The lowest BCUT2D eigenvalue weighted by Crippen LogP contribution is -2.15. The molecule has 7 heteroatoms. The van der Waals surface area contributed by atoms with E-state index in [9.17, 15) is 4.79 Å². The second-order valence-corrected chi connectivity index (χ2v) is 7.88. The highest BCUT2D eigenvalue weighted by Gasteiger charge is 2.22. The van der Waals surface area contributed by atoms with E-state index in [-0.39, 0.29) is 5.91 Å². The third-order valence-electron chi connectivity index (χ3n) is 5.62. The third-order valence-corrected chi connectivity index (χ3v) is 5.62. The van der Waals surface area contributed by atoms with Crippen molar-refractivity contribution in [2.75, 3.05) is 10.6 Å². The van der Waals surface area contributed by atoms with Crippen LogP contribution in [0.15, 0.2) is 67.0 Å². The van der Waals surface area contributed by atoms with E-state index in [1.165, 1.54) is 0 Å². The summed E-state index contributed by atoms with van der Waals surface area (Å²) in [5, 5.41) is 15.6. The molecule has 1 amide bonds. The van der Waals surface area contributed by atoms with Gasteiger partial charge in [0.15, 0.2) is 0 Å². The van der Waals surface area contributed by atoms with Crippen LogP contribution in [-0.4, -0.2) is 32.1 Å². The summed E-state index contributed by atoms with van der Waals surface area (Å²) in [7, 11) is 0. The topological polar surface area (TPSA) is 98.5 Å². The van der Waals surface area contributed by atoms with Crippen LogP contribution in [0.1, 0.15) is 23.3 Å². The molecule has 3 aromatic heterocycles. The third kappa shape index (κ3) is 3.30. The number of hydrogen-bond donors (Lipinski definition) is 4. The van der Waals surface area contributed by atoms with Crippen molar-refractivity contribution >= 4 is 39.2 Å². The number of H-pyrrole nitrogens is 2. The molecule has 0 aliphatic heterocycles. The van der Waals surface area contributed by atoms with Crippen molar-refractivity contribution in [3.63, 3.8) is 0 Å². The van der Waals surface area contributed by atoms with Gasteiger partial charge in [-0.1, -0.05) is 18.2 Å². The summed E-state index contributed by atoms with van der Waals surface area (Å²) >= 11 is 0. The number of aromatic amines is 2. The summed E-state index contributed by atoms with van der Waals surface area (Å²) in [6, 6.07) is 18.2. The van der Waals surface area contributed by atoms with E-state index in [4.69, 9.17) is 0 Å². The van der Waals surface area contributed by atoms with E-state index < -0.39 is 0 Å². The summed E-state index contributed by atoms with van der Waals surface area (Å²) in [6.07, 6.45) is 5.96. The average Bonchev–Trinajstić information content (AvgIpc) is 3.26. The first-order chi connectivity index (χ1) is 15.2. The fourth-order valence-corrected chi connectivity index (χ4v) is 3.91. The number of amides is 1. The largest absolute Gasteiger partial charge is 0.367 e. The first-order valence-electron chi connectivity index (χ1n) is 10.3. The first-order valence-corrected chi connectivity index (χ1v) is 10.3. The monoisotopic (exact) mass is 408 g/mol. The highest BCUT2D eigenvalue weighted by molar-refractivity contribution is 6.09. The van der Waals surface area contributed by atoms with Crippen LogP contribution in [0.4, 0.5) is 11.5 Å². The van der Waals surface area contributed by atoms with Gasteiger partial charge in [-0.2, -0.15) is 5.10 Å². The van der Waals surface area contributed by atoms with Crippen molar-refractivity contribution in [1.82, 2.24) is 20.2 Å². The highest BCUT2D eigenvalue weighted by Crippen LogP contribution is 2.34. The number of carbonyl (C=O) groups is 1. The molecular weight excluding hydrogens is 388 g/mol. The van der Waals surface area contributed by atoms with E-state index in [1.807, 2.05) is 36.5 Å². The number of carbonyl (C=O) groups excluding carboxylic acids is 1. The smallest absolute Gasteiger partial charge is 0.274 e. The molecule has 2 aromatic carbocycles. The lowest BCUT2D eigenvalue weighted by Gasteiger charge is -2.11. The summed E-state index contributed by atoms with van der Waals surface area (Å²) in [5.74, 6) is 0.482. The van der Waals surface area contributed by atoms with E-state index in [2.05, 4.69) is 49.0 Å². The van der Waals surface area contributed by atoms with E-state index in [1.54, 1.807) is 12.3 Å². The number of aromatic nitrogens is 4. The maximum Gasteiger partial charge on any atom is 0.274 e. The Kier molecular flexibility index (Phi) is 3.99. The molecule has 31 heavy (non-hydrogen) atoms. The maximum absolute atomic E-state index is 13.0. The van der Waals surface area contributed by atoms with Crippen LogP contribution in [-0.2, 0) is 0 Å². The summed E-state index contributed by atoms with van der Waals surface area (Å²) in [6.45, 7) is 0. The minimum Gasteiger partial charge on any atom is -0.367 e. The van der Waals surface area contributed by atoms with Gasteiger partial charge in [0.1, 0.15) is 11.5 Å². The zero-order valence-corrected chi connectivity index (χ0v) is 16.6. The summed E-state index contributed by atoms with van der Waals surface area (Å²) in [5.41, 5.74) is 5.07. The molecular formula is C24H20N6O. The average molecular weight is 408 g/mol. The van der Waals surface area contributed by atoms with Crippen LogP contribution in [0, 0.1) is 0 Å². The van der Waals surface area contributed by atoms with Crippen LogP contribution < -0.4 is 10.6 Å². The Balaban J connectivity index is 1.38. The Morgan fingerprint density at radius 3 is 2.81 bits per heavy atom. The molecule has 6 rings (SSSR count). The first kappa shape index (κ1) is 17.7. The SMILES string of the molecule is O=C(Nc1cc(-c2cccc3[nH]ccc23)cc2[nH]ncc12)c1cccc(NC2CC2)n1. The second-order valence-electron chi connectivity index (χ2n) is 7.88. The fraction of sp³-hybridized carbons (Fsp3) is 0.125. The molecule has 0 saturated heterocycles. The molecule has 1 aliphatic rings. The standard InChI is InChI=1S/C24H20N6O/c31-24(20-5-2-6-23(28-20)27-15-7-8-15)29-21-11-14(12-22-18(21)13-26-30-22)16-3-1-4-19-17(16)9-10-25-19/h1-6,9-13,15,25H,7-8H2,(H,26,30)(H,27,28)(H,29,31). The number of anilines is 2. The van der Waals surface area contributed by atoms with Gasteiger partial charge < -0.3 is 15.6 Å². The van der Waals surface area contributed by atoms with Gasteiger partial charge in [-0.25, -0.2) is 4.98 Å². The Hall–Kier alpha value is -4.13. The maximum atomic E-state index is 13.0. The molecule has 1 saturated carbocycles. The number of rotatable bonds is 5. The van der Waals surface area contributed by atoms with Crippen LogP contribution in [0.2, 0.25) is 0 Å². The van der Waals surface area contributed by atoms with Gasteiger partial charge in [0, 0.05) is 28.5 Å². The lowest BCUT2D eigenvalue weighted by atomic mass is 9.99. The van der Waals surface area contributed by atoms with Crippen molar-refractivity contribution in [2.24, 2.45) is 0 Å². The number of pyridine rings is 1.